The number of aliphatic hydroxyl groups is 3. The average molecular weight is 742 g/mol. The molecular weight excluding hydrogens is 717 g/mol. The van der Waals surface area contributed by atoms with Crippen molar-refractivity contribution in [3.63, 3.8) is 0 Å². The maximum absolute atomic E-state index is 12.3. The van der Waals surface area contributed by atoms with Gasteiger partial charge in [-0.1, -0.05) is 12.2 Å². The molecule has 2 aliphatic rings. The third kappa shape index (κ3) is 8.83. The third-order valence-electron chi connectivity index (χ3n) is 6.14. The van der Waals surface area contributed by atoms with Gasteiger partial charge in [0.25, 0.3) is 5.56 Å². The van der Waals surface area contributed by atoms with Crippen LogP contribution < -0.4 is 16.9 Å². The van der Waals surface area contributed by atoms with Crippen LogP contribution in [0.4, 0.5) is 0 Å². The van der Waals surface area contributed by atoms with Gasteiger partial charge in [0, 0.05) is 18.5 Å². The number of phosphoric ester groups is 2. The predicted molar refractivity (Wildman–Crippen MR) is 149 cm³/mol. The number of rotatable bonds is 12. The average Bonchev–Trinajstić information content (AvgIpc) is 3.35. The number of aliphatic hydroxyl groups excluding tert-OH is 3. The Morgan fingerprint density at radius 3 is 1.82 bits per heavy atom. The molecule has 0 saturated carbocycles. The van der Waals surface area contributed by atoms with Crippen molar-refractivity contribution in [2.24, 2.45) is 0 Å². The van der Waals surface area contributed by atoms with Crippen molar-refractivity contribution in [1.29, 1.82) is 0 Å². The van der Waals surface area contributed by atoms with Gasteiger partial charge in [-0.05, 0) is 6.07 Å². The lowest BCUT2D eigenvalue weighted by Crippen LogP contribution is -2.36. The Morgan fingerprint density at radius 2 is 1.27 bits per heavy atom. The van der Waals surface area contributed by atoms with Gasteiger partial charge in [-0.15, -0.1) is 0 Å². The van der Waals surface area contributed by atoms with Crippen molar-refractivity contribution in [3.05, 3.63) is 60.5 Å². The molecule has 2 aromatic heterocycles. The Kier molecular flexibility index (Phi) is 11.1. The Balaban J connectivity index is 1.31. The first-order valence-corrected chi connectivity index (χ1v) is 17.6. The van der Waals surface area contributed by atoms with E-state index in [1.54, 1.807) is 0 Å². The lowest BCUT2D eigenvalue weighted by Gasteiger charge is -2.21. The van der Waals surface area contributed by atoms with Crippen molar-refractivity contribution < 1.29 is 70.8 Å². The monoisotopic (exact) mass is 742 g/mol. The number of phosphoric acid groups is 3. The second-order valence-electron chi connectivity index (χ2n) is 9.29. The topological polar surface area (TPSA) is 321 Å². The largest absolute Gasteiger partial charge is 0.490 e. The summed E-state index contributed by atoms with van der Waals surface area (Å²) in [6.07, 6.45) is -8.80. The van der Waals surface area contributed by atoms with Crippen molar-refractivity contribution in [3.8, 4) is 0 Å². The lowest BCUT2D eigenvalue weighted by atomic mass is 10.1. The van der Waals surface area contributed by atoms with Crippen molar-refractivity contribution in [2.75, 3.05) is 13.2 Å². The van der Waals surface area contributed by atoms with Crippen LogP contribution in [0.1, 0.15) is 12.5 Å². The summed E-state index contributed by atoms with van der Waals surface area (Å²) in [7, 11) is -17.2. The smallest absolute Gasteiger partial charge is 0.387 e. The molecule has 11 atom stereocenters. The van der Waals surface area contributed by atoms with Gasteiger partial charge in [-0.3, -0.25) is 32.9 Å². The van der Waals surface area contributed by atoms with Gasteiger partial charge in [0.05, 0.1) is 24.6 Å². The van der Waals surface area contributed by atoms with E-state index < -0.39 is 102 Å². The zero-order chi connectivity index (χ0) is 33.5. The van der Waals surface area contributed by atoms with Gasteiger partial charge in [-0.25, -0.2) is 23.3 Å². The number of ether oxygens (including phenoxy) is 2. The van der Waals surface area contributed by atoms with Crippen LogP contribution in [0, 0.1) is 4.64 Å². The summed E-state index contributed by atoms with van der Waals surface area (Å²) < 4.78 is 66.2. The predicted octanol–water partition coefficient (Wildman–Crippen LogP) is -2.00. The van der Waals surface area contributed by atoms with Gasteiger partial charge in [0.15, 0.2) is 12.5 Å². The molecule has 27 heteroatoms. The molecule has 0 spiro atoms. The molecule has 4 rings (SSSR count). The summed E-state index contributed by atoms with van der Waals surface area (Å²) >= 11 is 8.89. The first kappa shape index (κ1) is 36.2. The third-order valence-corrected chi connectivity index (χ3v) is 11.3. The second kappa shape index (κ2) is 13.8. The SMILES string of the molecule is O=c1ccn([C@@H]2O[C@H](COP(=O)(O)OP(=O)(O)OP(=O)(O)OC[C@H]3O[C@@H](n4ccc(=S)[nH]c4=O)[C@H](O)[C@@H]3O)[C@@H](S)[C@H]2O)c(=O)[nH]1. The van der Waals surface area contributed by atoms with E-state index in [1.165, 1.54) is 6.07 Å². The zero-order valence-corrected chi connectivity index (χ0v) is 26.4. The number of thiol groups is 1. The molecule has 2 aromatic rings. The summed E-state index contributed by atoms with van der Waals surface area (Å²) in [5.41, 5.74) is -2.52. The van der Waals surface area contributed by atoms with E-state index in [2.05, 4.69) is 35.3 Å². The van der Waals surface area contributed by atoms with Crippen LogP contribution in [-0.4, -0.2) is 98.1 Å². The summed E-state index contributed by atoms with van der Waals surface area (Å²) in [6, 6.07) is 2.23. The van der Waals surface area contributed by atoms with E-state index in [0.717, 1.165) is 27.6 Å². The highest BCUT2D eigenvalue weighted by molar-refractivity contribution is 7.81. The number of nitrogens with one attached hydrogen (secondary N) is 2. The van der Waals surface area contributed by atoms with Gasteiger partial charge < -0.3 is 39.5 Å². The fraction of sp³-hybridized carbons (Fsp3) is 0.556. The summed E-state index contributed by atoms with van der Waals surface area (Å²) in [4.78, 5) is 69.1. The first-order valence-electron chi connectivity index (χ1n) is 12.2. The molecule has 0 radical (unpaired) electrons. The maximum Gasteiger partial charge on any atom is 0.490 e. The molecule has 45 heavy (non-hydrogen) atoms. The maximum atomic E-state index is 12.3. The summed E-state index contributed by atoms with van der Waals surface area (Å²) in [6.45, 7) is -2.02. The number of hydrogen-bond acceptors (Lipinski definition) is 17. The molecule has 0 aliphatic carbocycles. The molecular formula is C18H25N4O18P3S2. The molecule has 8 N–H and O–H groups in total. The van der Waals surface area contributed by atoms with Gasteiger partial charge in [0.1, 0.15) is 29.1 Å². The van der Waals surface area contributed by atoms with E-state index in [4.69, 9.17) is 21.7 Å². The van der Waals surface area contributed by atoms with Gasteiger partial charge in [0.2, 0.25) is 0 Å². The van der Waals surface area contributed by atoms with E-state index in [0.29, 0.717) is 0 Å². The minimum Gasteiger partial charge on any atom is -0.387 e. The van der Waals surface area contributed by atoms with Gasteiger partial charge >= 0.3 is 34.8 Å². The molecule has 2 fully saturated rings. The van der Waals surface area contributed by atoms with Gasteiger partial charge in [-0.2, -0.15) is 21.3 Å². The van der Waals surface area contributed by atoms with Crippen LogP contribution in [0.5, 0.6) is 0 Å². The molecule has 22 nitrogen and oxygen atoms in total. The Bertz CT molecular complexity index is 1660. The molecule has 2 saturated heterocycles. The van der Waals surface area contributed by atoms with Crippen molar-refractivity contribution >= 4 is 48.3 Å². The number of hydrogen-bond donors (Lipinski definition) is 9. The van der Waals surface area contributed by atoms with Crippen LogP contribution in [0.25, 0.3) is 0 Å². The van der Waals surface area contributed by atoms with E-state index in [9.17, 15) is 58.1 Å². The molecule has 3 unspecified atom stereocenters. The highest BCUT2D eigenvalue weighted by Gasteiger charge is 2.48. The van der Waals surface area contributed by atoms with E-state index >= 15 is 0 Å². The Labute approximate surface area is 260 Å². The fourth-order valence-corrected chi connectivity index (χ4v) is 8.08. The molecule has 0 aromatic carbocycles. The zero-order valence-electron chi connectivity index (χ0n) is 22.0. The minimum atomic E-state index is -5.93. The quantitative estimate of drug-likeness (QED) is 0.0645. The van der Waals surface area contributed by atoms with Crippen LogP contribution in [0.3, 0.4) is 0 Å². The van der Waals surface area contributed by atoms with E-state index in [-0.39, 0.29) is 4.64 Å². The lowest BCUT2D eigenvalue weighted by molar-refractivity contribution is -0.0544. The number of H-pyrrole nitrogens is 2. The highest BCUT2D eigenvalue weighted by atomic mass is 32.1. The Hall–Kier alpha value is -1.66. The standard InChI is InChI=1S/C18H25N4O18P3S2/c23-9-1-3-21(17(27)19-9)16-13(26)14(45)8(38-16)6-36-42(31,32)40-43(33,34)39-41(29,30)35-5-7-11(24)12(25)15(37-7)22-4-2-10(44)20-18(22)28/h1-4,7-8,11-16,24-26,45H,5-6H2,(H,29,30)(H,31,32)(H,33,34)(H,19,23,27)(H,20,28,44)/t7-,8-,11-,12-,13-,14-,15-,16-/m1/s1. The van der Waals surface area contributed by atoms with Crippen LogP contribution in [0.15, 0.2) is 38.9 Å². The fourth-order valence-electron chi connectivity index (χ4n) is 4.11. The first-order chi connectivity index (χ1) is 20.8. The molecule has 4 heterocycles. The molecule has 0 bridgehead atoms. The van der Waals surface area contributed by atoms with Crippen molar-refractivity contribution in [2.45, 2.75) is 48.2 Å². The number of aromatic amines is 2. The van der Waals surface area contributed by atoms with Crippen LogP contribution in [0.2, 0.25) is 0 Å². The number of nitrogens with zero attached hydrogens (tertiary/aromatic N) is 2. The number of aromatic nitrogens is 4. The van der Waals surface area contributed by atoms with Crippen molar-refractivity contribution in [1.82, 2.24) is 19.1 Å². The highest BCUT2D eigenvalue weighted by Crippen LogP contribution is 2.67. The summed E-state index contributed by atoms with van der Waals surface area (Å²) in [5, 5.41) is 29.7. The summed E-state index contributed by atoms with van der Waals surface area (Å²) in [5.74, 6) is 0. The minimum absolute atomic E-state index is 0.0573. The molecule has 2 aliphatic heterocycles. The van der Waals surface area contributed by atoms with Crippen LogP contribution in [-0.2, 0) is 40.8 Å². The van der Waals surface area contributed by atoms with E-state index in [1.807, 2.05) is 4.98 Å². The Morgan fingerprint density at radius 1 is 0.778 bits per heavy atom. The molecule has 252 valence electrons. The molecule has 0 amide bonds. The second-order valence-corrected chi connectivity index (χ2v) is 15.0. The normalized spacial score (nSPS) is 32.5. The van der Waals surface area contributed by atoms with Crippen LogP contribution >= 0.6 is 48.3 Å².